The number of carbonyl (C=O) groups excluding carboxylic acids is 1. The largest absolute Gasteiger partial charge is 0.352 e. The highest BCUT2D eigenvalue weighted by Crippen LogP contribution is 2.33. The molecular weight excluding hydrogens is 471 g/mol. The minimum absolute atomic E-state index is 0.181. The van der Waals surface area contributed by atoms with Gasteiger partial charge in [-0.2, -0.15) is 5.10 Å². The van der Waals surface area contributed by atoms with E-state index < -0.39 is 0 Å². The van der Waals surface area contributed by atoms with Gasteiger partial charge in [-0.3, -0.25) is 14.9 Å². The molecule has 2 N–H and O–H groups in total. The Kier molecular flexibility index (Phi) is 7.19. The Hall–Kier alpha value is -4.23. The summed E-state index contributed by atoms with van der Waals surface area (Å²) < 4.78 is 13.8. The number of hydrogen-bond acceptors (Lipinski definition) is 4. The molecule has 0 bridgehead atoms. The van der Waals surface area contributed by atoms with Gasteiger partial charge < -0.3 is 5.32 Å². The number of rotatable bonds is 8. The quantitative estimate of drug-likeness (QED) is 0.262. The summed E-state index contributed by atoms with van der Waals surface area (Å²) in [5.74, 6) is -0.439. The highest BCUT2D eigenvalue weighted by Gasteiger charge is 2.13. The molecule has 0 radical (unpaired) electrons. The number of aromatic nitrogens is 3. The summed E-state index contributed by atoms with van der Waals surface area (Å²) in [5, 5.41) is 11.4. The number of amides is 1. The third-order valence-corrected chi connectivity index (χ3v) is 6.73. The minimum atomic E-state index is -0.257. The normalized spacial score (nSPS) is 11.2. The van der Waals surface area contributed by atoms with Crippen LogP contribution in [0.3, 0.4) is 0 Å². The van der Waals surface area contributed by atoms with Crippen LogP contribution < -0.4 is 5.32 Å². The maximum Gasteiger partial charge on any atom is 0.252 e. The zero-order valence-corrected chi connectivity index (χ0v) is 20.1. The van der Waals surface area contributed by atoms with Crippen LogP contribution in [-0.2, 0) is 6.42 Å². The summed E-state index contributed by atoms with van der Waals surface area (Å²) in [5.41, 5.74) is 3.78. The topological polar surface area (TPSA) is 70.7 Å². The molecule has 0 atom stereocenters. The SMILES string of the molecule is O=C(NCCc1ccccc1F)c1ccccc1Sc1ccc2c(/C=C/c3ccccn3)n[nH]c2c1. The van der Waals surface area contributed by atoms with E-state index in [1.807, 2.05) is 66.7 Å². The van der Waals surface area contributed by atoms with Crippen LogP contribution in [0.2, 0.25) is 0 Å². The lowest BCUT2D eigenvalue weighted by Crippen LogP contribution is -2.26. The van der Waals surface area contributed by atoms with E-state index >= 15 is 0 Å². The van der Waals surface area contributed by atoms with Crippen molar-refractivity contribution in [3.8, 4) is 0 Å². The smallest absolute Gasteiger partial charge is 0.252 e. The highest BCUT2D eigenvalue weighted by atomic mass is 32.2. The number of carbonyl (C=O) groups is 1. The van der Waals surface area contributed by atoms with E-state index in [0.29, 0.717) is 24.1 Å². The number of halogens is 1. The molecule has 0 saturated heterocycles. The Morgan fingerprint density at radius 3 is 2.67 bits per heavy atom. The fourth-order valence-corrected chi connectivity index (χ4v) is 4.81. The molecule has 0 spiro atoms. The van der Waals surface area contributed by atoms with E-state index in [1.165, 1.54) is 17.8 Å². The zero-order chi connectivity index (χ0) is 24.7. The molecular formula is C29H23FN4OS. The van der Waals surface area contributed by atoms with Crippen LogP contribution in [0, 0.1) is 5.82 Å². The Balaban J connectivity index is 1.28. The molecule has 7 heteroatoms. The van der Waals surface area contributed by atoms with Crippen LogP contribution in [0.1, 0.15) is 27.3 Å². The van der Waals surface area contributed by atoms with Crippen molar-refractivity contribution in [2.75, 3.05) is 6.54 Å². The third-order valence-electron chi connectivity index (χ3n) is 5.66. The fourth-order valence-electron chi connectivity index (χ4n) is 3.83. The Labute approximate surface area is 212 Å². The van der Waals surface area contributed by atoms with Crippen molar-refractivity contribution in [3.05, 3.63) is 119 Å². The van der Waals surface area contributed by atoms with Crippen LogP contribution in [0.4, 0.5) is 4.39 Å². The number of H-pyrrole nitrogens is 1. The molecule has 178 valence electrons. The summed E-state index contributed by atoms with van der Waals surface area (Å²) in [6.07, 6.45) is 6.06. The molecule has 0 aliphatic heterocycles. The molecule has 1 amide bonds. The molecule has 0 fully saturated rings. The zero-order valence-electron chi connectivity index (χ0n) is 19.3. The minimum Gasteiger partial charge on any atom is -0.352 e. The molecule has 0 aliphatic carbocycles. The summed E-state index contributed by atoms with van der Waals surface area (Å²) in [6, 6.07) is 25.9. The van der Waals surface area contributed by atoms with Gasteiger partial charge in [-0.05, 0) is 72.7 Å². The number of fused-ring (bicyclic) bond motifs is 1. The second kappa shape index (κ2) is 11.0. The van der Waals surface area contributed by atoms with Gasteiger partial charge in [0, 0.05) is 27.9 Å². The van der Waals surface area contributed by atoms with Crippen molar-refractivity contribution in [2.24, 2.45) is 0 Å². The number of hydrogen-bond donors (Lipinski definition) is 2. The van der Waals surface area contributed by atoms with E-state index in [-0.39, 0.29) is 11.7 Å². The average molecular weight is 495 g/mol. The van der Waals surface area contributed by atoms with E-state index in [4.69, 9.17) is 0 Å². The first-order valence-corrected chi connectivity index (χ1v) is 12.3. The van der Waals surface area contributed by atoms with Gasteiger partial charge >= 0.3 is 0 Å². The monoisotopic (exact) mass is 494 g/mol. The second-order valence-electron chi connectivity index (χ2n) is 8.10. The van der Waals surface area contributed by atoms with Gasteiger partial charge in [-0.25, -0.2) is 4.39 Å². The molecule has 5 aromatic rings. The molecule has 0 saturated carbocycles. The van der Waals surface area contributed by atoms with Crippen molar-refractivity contribution >= 4 is 40.7 Å². The maximum atomic E-state index is 13.8. The number of nitrogens with zero attached hydrogens (tertiary/aromatic N) is 2. The molecule has 5 nitrogen and oxygen atoms in total. The van der Waals surface area contributed by atoms with E-state index in [2.05, 4.69) is 20.5 Å². The first-order chi connectivity index (χ1) is 17.7. The maximum absolute atomic E-state index is 13.8. The van der Waals surface area contributed by atoms with Crippen molar-refractivity contribution in [3.63, 3.8) is 0 Å². The molecule has 5 rings (SSSR count). The standard InChI is InChI=1S/C29H23FN4OS/c30-25-10-3-1-7-20(25)16-18-32-29(35)24-9-2-4-11-28(24)36-22-13-14-23-26(33-34-27(23)19-22)15-12-21-8-5-6-17-31-21/h1-15,17,19H,16,18H2,(H,32,35)(H,33,34)/b15-12+. The predicted molar refractivity (Wildman–Crippen MR) is 142 cm³/mol. The first kappa shape index (κ1) is 23.5. The van der Waals surface area contributed by atoms with Gasteiger partial charge in [0.1, 0.15) is 5.82 Å². The highest BCUT2D eigenvalue weighted by molar-refractivity contribution is 7.99. The van der Waals surface area contributed by atoms with E-state index in [9.17, 15) is 9.18 Å². The molecule has 2 heterocycles. The van der Waals surface area contributed by atoms with Crippen LogP contribution in [0.5, 0.6) is 0 Å². The first-order valence-electron chi connectivity index (χ1n) is 11.5. The number of nitrogens with one attached hydrogen (secondary N) is 2. The average Bonchev–Trinajstić information content (AvgIpc) is 3.31. The third kappa shape index (κ3) is 5.53. The Bertz CT molecular complexity index is 1530. The van der Waals surface area contributed by atoms with Crippen molar-refractivity contribution < 1.29 is 9.18 Å². The summed E-state index contributed by atoms with van der Waals surface area (Å²) in [6.45, 7) is 0.355. The van der Waals surface area contributed by atoms with E-state index in [1.54, 1.807) is 30.5 Å². The lowest BCUT2D eigenvalue weighted by Gasteiger charge is -2.10. The van der Waals surface area contributed by atoms with Gasteiger partial charge in [0.25, 0.3) is 5.91 Å². The van der Waals surface area contributed by atoms with Crippen LogP contribution in [0.25, 0.3) is 23.1 Å². The summed E-state index contributed by atoms with van der Waals surface area (Å²) >= 11 is 1.51. The van der Waals surface area contributed by atoms with Crippen LogP contribution >= 0.6 is 11.8 Å². The van der Waals surface area contributed by atoms with Gasteiger partial charge in [0.05, 0.1) is 22.5 Å². The van der Waals surface area contributed by atoms with Gasteiger partial charge in [0.15, 0.2) is 0 Å². The van der Waals surface area contributed by atoms with Gasteiger partial charge in [-0.15, -0.1) is 0 Å². The molecule has 3 aromatic carbocycles. The predicted octanol–water partition coefficient (Wildman–Crippen LogP) is 6.39. The second-order valence-corrected chi connectivity index (χ2v) is 9.22. The summed E-state index contributed by atoms with van der Waals surface area (Å²) in [7, 11) is 0. The van der Waals surface area contributed by atoms with Crippen molar-refractivity contribution in [1.29, 1.82) is 0 Å². The van der Waals surface area contributed by atoms with E-state index in [0.717, 1.165) is 32.1 Å². The van der Waals surface area contributed by atoms with Crippen LogP contribution in [-0.4, -0.2) is 27.6 Å². The van der Waals surface area contributed by atoms with Crippen molar-refractivity contribution in [2.45, 2.75) is 16.2 Å². The number of aromatic amines is 1. The molecule has 0 unspecified atom stereocenters. The molecule has 0 aliphatic rings. The summed E-state index contributed by atoms with van der Waals surface area (Å²) in [4.78, 5) is 19.0. The lowest BCUT2D eigenvalue weighted by molar-refractivity contribution is 0.0951. The van der Waals surface area contributed by atoms with Gasteiger partial charge in [0.2, 0.25) is 0 Å². The number of pyridine rings is 1. The Morgan fingerprint density at radius 1 is 0.972 bits per heavy atom. The molecule has 2 aromatic heterocycles. The lowest BCUT2D eigenvalue weighted by atomic mass is 10.1. The molecule has 36 heavy (non-hydrogen) atoms. The van der Waals surface area contributed by atoms with Crippen molar-refractivity contribution in [1.82, 2.24) is 20.5 Å². The fraction of sp³-hybridized carbons (Fsp3) is 0.0690. The number of benzene rings is 3. The Morgan fingerprint density at radius 2 is 1.81 bits per heavy atom. The van der Waals surface area contributed by atoms with Crippen LogP contribution in [0.15, 0.2) is 101 Å². The van der Waals surface area contributed by atoms with Gasteiger partial charge in [-0.1, -0.05) is 48.2 Å².